The van der Waals surface area contributed by atoms with Gasteiger partial charge in [0.05, 0.1) is 6.26 Å². The van der Waals surface area contributed by atoms with Gasteiger partial charge in [0.2, 0.25) is 0 Å². The second-order valence-corrected chi connectivity index (χ2v) is 5.50. The number of ether oxygens (including phenoxy) is 2. The zero-order valence-corrected chi connectivity index (χ0v) is 13.5. The number of halogens is 1. The van der Waals surface area contributed by atoms with Gasteiger partial charge in [-0.2, -0.15) is 0 Å². The Morgan fingerprint density at radius 2 is 2.17 bits per heavy atom. The highest BCUT2D eigenvalue weighted by Crippen LogP contribution is 2.28. The Bertz CT molecular complexity index is 836. The van der Waals surface area contributed by atoms with Gasteiger partial charge in [-0.25, -0.2) is 9.79 Å². The molecule has 0 radical (unpaired) electrons. The lowest BCUT2D eigenvalue weighted by Gasteiger charge is -2.06. The van der Waals surface area contributed by atoms with Crippen LogP contribution in [-0.4, -0.2) is 17.8 Å². The molecule has 1 aliphatic rings. The van der Waals surface area contributed by atoms with E-state index in [9.17, 15) is 9.59 Å². The van der Waals surface area contributed by atoms with Crippen LogP contribution in [0.3, 0.4) is 0 Å². The monoisotopic (exact) mass is 375 g/mol. The molecule has 0 unspecified atom stereocenters. The number of carbonyl (C=O) groups is 2. The van der Waals surface area contributed by atoms with E-state index < -0.39 is 11.9 Å². The molecule has 23 heavy (non-hydrogen) atoms. The molecule has 7 heteroatoms. The fraction of sp³-hybridized carbons (Fsp3) is 0.0625. The van der Waals surface area contributed by atoms with Crippen molar-refractivity contribution in [1.29, 1.82) is 0 Å². The summed E-state index contributed by atoms with van der Waals surface area (Å²) in [5, 5.41) is 0. The maximum absolute atomic E-state index is 11.9. The number of nitrogens with zero attached hydrogens (tertiary/aromatic N) is 1. The molecule has 1 aliphatic heterocycles. The van der Waals surface area contributed by atoms with Crippen molar-refractivity contribution in [2.24, 2.45) is 4.99 Å². The molecule has 2 aromatic rings. The molecule has 0 saturated carbocycles. The third-order valence-corrected chi connectivity index (χ3v) is 3.36. The van der Waals surface area contributed by atoms with Crippen LogP contribution in [0.4, 0.5) is 0 Å². The number of esters is 2. The van der Waals surface area contributed by atoms with E-state index in [1.54, 1.807) is 30.3 Å². The second kappa shape index (κ2) is 6.21. The molecule has 3 rings (SSSR count). The molecule has 0 bridgehead atoms. The molecular weight excluding hydrogens is 366 g/mol. The van der Waals surface area contributed by atoms with Crippen molar-refractivity contribution in [3.8, 4) is 5.75 Å². The Morgan fingerprint density at radius 3 is 2.87 bits per heavy atom. The predicted octanol–water partition coefficient (Wildman–Crippen LogP) is 3.31. The van der Waals surface area contributed by atoms with Gasteiger partial charge in [0.25, 0.3) is 5.90 Å². The summed E-state index contributed by atoms with van der Waals surface area (Å²) in [5.41, 5.74) is 0.605. The van der Waals surface area contributed by atoms with Crippen LogP contribution in [0.25, 0.3) is 6.08 Å². The Hall–Kier alpha value is -2.67. The number of hydrogen-bond acceptors (Lipinski definition) is 6. The predicted molar refractivity (Wildman–Crippen MR) is 84.8 cm³/mol. The molecule has 0 aliphatic carbocycles. The summed E-state index contributed by atoms with van der Waals surface area (Å²) in [6.45, 7) is 1.30. The van der Waals surface area contributed by atoms with Gasteiger partial charge in [-0.1, -0.05) is 15.9 Å². The molecule has 2 heterocycles. The van der Waals surface area contributed by atoms with Crippen molar-refractivity contribution in [2.75, 3.05) is 0 Å². The average molecular weight is 376 g/mol. The zero-order valence-electron chi connectivity index (χ0n) is 11.9. The number of benzene rings is 1. The van der Waals surface area contributed by atoms with Gasteiger partial charge in [0.1, 0.15) is 5.75 Å². The van der Waals surface area contributed by atoms with Crippen molar-refractivity contribution in [2.45, 2.75) is 6.92 Å². The quantitative estimate of drug-likeness (QED) is 0.467. The van der Waals surface area contributed by atoms with Gasteiger partial charge in [-0.3, -0.25) is 4.79 Å². The minimum atomic E-state index is -0.606. The SMILES string of the molecule is CC(=O)Oc1ccc(Br)cc1/C=C1/N=C(c2ccco2)OC1=O. The van der Waals surface area contributed by atoms with E-state index in [-0.39, 0.29) is 11.6 Å². The smallest absolute Gasteiger partial charge is 0.363 e. The van der Waals surface area contributed by atoms with Crippen LogP contribution in [0.2, 0.25) is 0 Å². The fourth-order valence-electron chi connectivity index (χ4n) is 1.94. The largest absolute Gasteiger partial charge is 0.459 e. The highest BCUT2D eigenvalue weighted by atomic mass is 79.9. The summed E-state index contributed by atoms with van der Waals surface area (Å²) < 4.78 is 16.1. The first-order valence-electron chi connectivity index (χ1n) is 6.57. The van der Waals surface area contributed by atoms with E-state index in [2.05, 4.69) is 20.9 Å². The highest BCUT2D eigenvalue weighted by molar-refractivity contribution is 9.10. The van der Waals surface area contributed by atoms with E-state index in [0.29, 0.717) is 17.1 Å². The van der Waals surface area contributed by atoms with Gasteiger partial charge in [0, 0.05) is 17.0 Å². The van der Waals surface area contributed by atoms with Gasteiger partial charge in [0.15, 0.2) is 11.5 Å². The molecule has 0 atom stereocenters. The third-order valence-electron chi connectivity index (χ3n) is 2.87. The van der Waals surface area contributed by atoms with E-state index in [1.807, 2.05) is 0 Å². The summed E-state index contributed by atoms with van der Waals surface area (Å²) in [7, 11) is 0. The van der Waals surface area contributed by atoms with E-state index >= 15 is 0 Å². The molecule has 0 spiro atoms. The molecule has 0 N–H and O–H groups in total. The highest BCUT2D eigenvalue weighted by Gasteiger charge is 2.26. The van der Waals surface area contributed by atoms with Crippen molar-refractivity contribution in [3.05, 3.63) is 58.1 Å². The zero-order chi connectivity index (χ0) is 16.4. The average Bonchev–Trinajstić information content (AvgIpc) is 3.12. The van der Waals surface area contributed by atoms with E-state index in [4.69, 9.17) is 13.9 Å². The summed E-state index contributed by atoms with van der Waals surface area (Å²) in [6, 6.07) is 8.36. The minimum absolute atomic E-state index is 0.0860. The van der Waals surface area contributed by atoms with Crippen molar-refractivity contribution in [3.63, 3.8) is 0 Å². The molecule has 0 saturated heterocycles. The number of cyclic esters (lactones) is 1. The molecular formula is C16H10BrNO5. The topological polar surface area (TPSA) is 78.1 Å². The first kappa shape index (κ1) is 15.2. The van der Waals surface area contributed by atoms with Crippen LogP contribution in [-0.2, 0) is 14.3 Å². The van der Waals surface area contributed by atoms with Gasteiger partial charge in [-0.05, 0) is 36.4 Å². The maximum atomic E-state index is 11.9. The van der Waals surface area contributed by atoms with Crippen LogP contribution in [0.15, 0.2) is 56.2 Å². The standard InChI is InChI=1S/C16H10BrNO5/c1-9(19)22-13-5-4-11(17)7-10(13)8-12-16(20)23-15(18-12)14-3-2-6-21-14/h2-8H,1H3/b12-8+. The number of furan rings is 1. The number of carbonyl (C=O) groups excluding carboxylic acids is 2. The third kappa shape index (κ3) is 3.40. The first-order valence-corrected chi connectivity index (χ1v) is 7.36. The Kier molecular flexibility index (Phi) is 4.12. The molecule has 1 aromatic heterocycles. The fourth-order valence-corrected chi connectivity index (χ4v) is 2.32. The van der Waals surface area contributed by atoms with Gasteiger partial charge < -0.3 is 13.9 Å². The van der Waals surface area contributed by atoms with Crippen LogP contribution in [0, 0.1) is 0 Å². The number of rotatable bonds is 3. The summed E-state index contributed by atoms with van der Waals surface area (Å²) in [5.74, 6) is -0.292. The lowest BCUT2D eigenvalue weighted by molar-refractivity contribution is -0.132. The first-order chi connectivity index (χ1) is 11.0. The summed E-state index contributed by atoms with van der Waals surface area (Å²) in [6.07, 6.45) is 2.95. The van der Waals surface area contributed by atoms with Crippen molar-refractivity contribution in [1.82, 2.24) is 0 Å². The Labute approximate surface area is 139 Å². The lowest BCUT2D eigenvalue weighted by Crippen LogP contribution is -2.05. The normalized spacial score (nSPS) is 15.5. The van der Waals surface area contributed by atoms with Crippen LogP contribution < -0.4 is 4.74 Å². The van der Waals surface area contributed by atoms with Crippen molar-refractivity contribution >= 4 is 39.8 Å². The van der Waals surface area contributed by atoms with Crippen LogP contribution in [0.1, 0.15) is 18.2 Å². The van der Waals surface area contributed by atoms with E-state index in [1.165, 1.54) is 19.3 Å². The molecule has 1 aromatic carbocycles. The van der Waals surface area contributed by atoms with Crippen molar-refractivity contribution < 1.29 is 23.5 Å². The maximum Gasteiger partial charge on any atom is 0.363 e. The Morgan fingerprint density at radius 1 is 1.35 bits per heavy atom. The van der Waals surface area contributed by atoms with Crippen LogP contribution in [0.5, 0.6) is 5.75 Å². The number of hydrogen-bond donors (Lipinski definition) is 0. The summed E-state index contributed by atoms with van der Waals surface area (Å²) >= 11 is 3.33. The second-order valence-electron chi connectivity index (χ2n) is 4.59. The minimum Gasteiger partial charge on any atom is -0.459 e. The Balaban J connectivity index is 1.99. The van der Waals surface area contributed by atoms with E-state index in [0.717, 1.165) is 4.47 Å². The number of aliphatic imine (C=N–C) groups is 1. The van der Waals surface area contributed by atoms with Crippen LogP contribution >= 0.6 is 15.9 Å². The van der Waals surface area contributed by atoms with Gasteiger partial charge >= 0.3 is 11.9 Å². The lowest BCUT2D eigenvalue weighted by atomic mass is 10.1. The molecule has 0 fully saturated rings. The van der Waals surface area contributed by atoms with Gasteiger partial charge in [-0.15, -0.1) is 0 Å². The molecule has 0 amide bonds. The molecule has 116 valence electrons. The summed E-state index contributed by atoms with van der Waals surface area (Å²) in [4.78, 5) is 27.2. The molecule has 6 nitrogen and oxygen atoms in total.